The molecule has 1 N–H and O–H groups in total. The summed E-state index contributed by atoms with van der Waals surface area (Å²) in [5.41, 5.74) is 1.88. The van der Waals surface area contributed by atoms with Crippen LogP contribution in [0.25, 0.3) is 10.6 Å². The Morgan fingerprint density at radius 3 is 2.86 bits per heavy atom. The highest BCUT2D eigenvalue weighted by atomic mass is 32.1. The molecule has 1 amide bonds. The molecule has 0 aliphatic carbocycles. The van der Waals surface area contributed by atoms with E-state index in [0.717, 1.165) is 42.1 Å². The van der Waals surface area contributed by atoms with Crippen molar-refractivity contribution in [1.29, 1.82) is 0 Å². The molecule has 1 unspecified atom stereocenters. The topological polar surface area (TPSA) is 51.2 Å². The van der Waals surface area contributed by atoms with E-state index in [1.807, 2.05) is 29.6 Å². The van der Waals surface area contributed by atoms with E-state index in [2.05, 4.69) is 10.3 Å². The average molecular weight is 302 g/mol. The van der Waals surface area contributed by atoms with Crippen LogP contribution in [0.1, 0.15) is 25.7 Å². The third-order valence-corrected chi connectivity index (χ3v) is 4.36. The summed E-state index contributed by atoms with van der Waals surface area (Å²) in [6, 6.07) is 7.78. The second kappa shape index (κ2) is 6.83. The molecule has 2 heterocycles. The normalized spacial score (nSPS) is 18.4. The van der Waals surface area contributed by atoms with Gasteiger partial charge in [0.05, 0.1) is 12.5 Å². The van der Waals surface area contributed by atoms with E-state index >= 15 is 0 Å². The highest BCUT2D eigenvalue weighted by molar-refractivity contribution is 7.13. The Balaban J connectivity index is 1.56. The molecule has 1 aliphatic rings. The van der Waals surface area contributed by atoms with E-state index in [0.29, 0.717) is 6.42 Å². The quantitative estimate of drug-likeness (QED) is 0.936. The van der Waals surface area contributed by atoms with Crippen molar-refractivity contribution in [2.75, 3.05) is 11.9 Å². The van der Waals surface area contributed by atoms with Gasteiger partial charge in [0.1, 0.15) is 5.01 Å². The molecule has 110 valence electrons. The molecule has 1 atom stereocenters. The fourth-order valence-corrected chi connectivity index (χ4v) is 3.09. The van der Waals surface area contributed by atoms with Crippen LogP contribution in [0, 0.1) is 0 Å². The van der Waals surface area contributed by atoms with Crippen LogP contribution < -0.4 is 5.32 Å². The number of amides is 1. The number of nitrogens with one attached hydrogen (secondary N) is 1. The number of anilines is 1. The molecule has 5 heteroatoms. The predicted molar refractivity (Wildman–Crippen MR) is 84.4 cm³/mol. The fraction of sp³-hybridized carbons (Fsp3) is 0.375. The summed E-state index contributed by atoms with van der Waals surface area (Å²) in [6.07, 6.45) is 5.55. The van der Waals surface area contributed by atoms with Gasteiger partial charge in [-0.1, -0.05) is 0 Å². The largest absolute Gasteiger partial charge is 0.378 e. The average Bonchev–Trinajstić information content (AvgIpc) is 3.03. The highest BCUT2D eigenvalue weighted by Crippen LogP contribution is 2.23. The predicted octanol–water partition coefficient (Wildman–Crippen LogP) is 3.71. The molecular weight excluding hydrogens is 284 g/mol. The number of nitrogens with zero attached hydrogens (tertiary/aromatic N) is 1. The summed E-state index contributed by atoms with van der Waals surface area (Å²) in [5.74, 6) is 0.0175. The lowest BCUT2D eigenvalue weighted by Crippen LogP contribution is -2.25. The van der Waals surface area contributed by atoms with Crippen molar-refractivity contribution >= 4 is 22.9 Å². The molecule has 3 rings (SSSR count). The van der Waals surface area contributed by atoms with E-state index in [9.17, 15) is 4.79 Å². The van der Waals surface area contributed by atoms with Gasteiger partial charge in [0.2, 0.25) is 5.91 Å². The number of thiazole rings is 1. The monoisotopic (exact) mass is 302 g/mol. The molecule has 1 aromatic heterocycles. The Bertz CT molecular complexity index is 575. The maximum Gasteiger partial charge on any atom is 0.226 e. The minimum Gasteiger partial charge on any atom is -0.378 e. The molecular formula is C16H18N2O2S. The molecule has 2 aromatic rings. The lowest BCUT2D eigenvalue weighted by molar-refractivity contribution is -0.119. The molecule has 0 spiro atoms. The van der Waals surface area contributed by atoms with Crippen molar-refractivity contribution in [3.05, 3.63) is 35.8 Å². The number of benzene rings is 1. The summed E-state index contributed by atoms with van der Waals surface area (Å²) >= 11 is 1.60. The van der Waals surface area contributed by atoms with Gasteiger partial charge in [0.25, 0.3) is 0 Å². The zero-order valence-electron chi connectivity index (χ0n) is 11.7. The van der Waals surface area contributed by atoms with Gasteiger partial charge in [-0.2, -0.15) is 0 Å². The lowest BCUT2D eigenvalue weighted by Gasteiger charge is -2.21. The van der Waals surface area contributed by atoms with E-state index < -0.39 is 0 Å². The van der Waals surface area contributed by atoms with Gasteiger partial charge < -0.3 is 10.1 Å². The number of hydrogen-bond acceptors (Lipinski definition) is 4. The van der Waals surface area contributed by atoms with Crippen molar-refractivity contribution in [1.82, 2.24) is 4.98 Å². The summed E-state index contributed by atoms with van der Waals surface area (Å²) in [4.78, 5) is 16.3. The van der Waals surface area contributed by atoms with Crippen molar-refractivity contribution in [2.45, 2.75) is 31.8 Å². The van der Waals surface area contributed by atoms with Crippen LogP contribution >= 0.6 is 11.3 Å². The summed E-state index contributed by atoms with van der Waals surface area (Å²) < 4.78 is 5.59. The first kappa shape index (κ1) is 14.2. The summed E-state index contributed by atoms with van der Waals surface area (Å²) in [5, 5.41) is 5.87. The van der Waals surface area contributed by atoms with Crippen molar-refractivity contribution < 1.29 is 9.53 Å². The minimum atomic E-state index is 0.0175. The van der Waals surface area contributed by atoms with Gasteiger partial charge in [-0.15, -0.1) is 11.3 Å². The molecule has 1 aromatic carbocycles. The summed E-state index contributed by atoms with van der Waals surface area (Å²) in [6.45, 7) is 0.778. The third kappa shape index (κ3) is 3.89. The molecule has 1 aliphatic heterocycles. The van der Waals surface area contributed by atoms with Gasteiger partial charge in [-0.25, -0.2) is 4.98 Å². The van der Waals surface area contributed by atoms with Crippen LogP contribution in [0.4, 0.5) is 5.69 Å². The molecule has 1 saturated heterocycles. The first-order chi connectivity index (χ1) is 10.3. The SMILES string of the molecule is O=C(CC1CCCCO1)Nc1ccc(-c2nccs2)cc1. The van der Waals surface area contributed by atoms with Gasteiger partial charge in [-0.05, 0) is 43.5 Å². The Hall–Kier alpha value is -1.72. The third-order valence-electron chi connectivity index (χ3n) is 3.53. The fourth-order valence-electron chi connectivity index (χ4n) is 2.45. The summed E-state index contributed by atoms with van der Waals surface area (Å²) in [7, 11) is 0. The van der Waals surface area contributed by atoms with E-state index in [1.54, 1.807) is 17.5 Å². The van der Waals surface area contributed by atoms with Crippen LogP contribution in [0.2, 0.25) is 0 Å². The highest BCUT2D eigenvalue weighted by Gasteiger charge is 2.17. The number of carbonyl (C=O) groups excluding carboxylic acids is 1. The molecule has 1 fully saturated rings. The second-order valence-electron chi connectivity index (χ2n) is 5.16. The Morgan fingerprint density at radius 1 is 1.33 bits per heavy atom. The maximum atomic E-state index is 12.0. The van der Waals surface area contributed by atoms with E-state index in [1.165, 1.54) is 0 Å². The second-order valence-corrected chi connectivity index (χ2v) is 6.05. The molecule has 0 radical (unpaired) electrons. The first-order valence-electron chi connectivity index (χ1n) is 7.22. The van der Waals surface area contributed by atoms with Gasteiger partial charge in [-0.3, -0.25) is 4.79 Å². The molecule has 0 saturated carbocycles. The zero-order chi connectivity index (χ0) is 14.5. The number of carbonyl (C=O) groups is 1. The zero-order valence-corrected chi connectivity index (χ0v) is 12.6. The molecule has 0 bridgehead atoms. The Labute approximate surface area is 128 Å². The number of rotatable bonds is 4. The smallest absolute Gasteiger partial charge is 0.226 e. The van der Waals surface area contributed by atoms with Gasteiger partial charge in [0, 0.05) is 29.4 Å². The van der Waals surface area contributed by atoms with Crippen LogP contribution in [0.3, 0.4) is 0 Å². The standard InChI is InChI=1S/C16H18N2O2S/c19-15(11-14-3-1-2-9-20-14)18-13-6-4-12(5-7-13)16-17-8-10-21-16/h4-8,10,14H,1-3,9,11H2,(H,18,19). The van der Waals surface area contributed by atoms with Crippen LogP contribution in [0.15, 0.2) is 35.8 Å². The Kier molecular flexibility index (Phi) is 4.62. The van der Waals surface area contributed by atoms with Crippen LogP contribution in [-0.4, -0.2) is 23.6 Å². The van der Waals surface area contributed by atoms with Crippen LogP contribution in [0.5, 0.6) is 0 Å². The lowest BCUT2D eigenvalue weighted by atomic mass is 10.1. The van der Waals surface area contributed by atoms with Gasteiger partial charge in [0.15, 0.2) is 0 Å². The Morgan fingerprint density at radius 2 is 2.19 bits per heavy atom. The van der Waals surface area contributed by atoms with Crippen LogP contribution in [-0.2, 0) is 9.53 Å². The number of aromatic nitrogens is 1. The van der Waals surface area contributed by atoms with Crippen molar-refractivity contribution in [2.24, 2.45) is 0 Å². The van der Waals surface area contributed by atoms with Gasteiger partial charge >= 0.3 is 0 Å². The minimum absolute atomic E-state index is 0.0175. The molecule has 4 nitrogen and oxygen atoms in total. The van der Waals surface area contributed by atoms with E-state index in [-0.39, 0.29) is 12.0 Å². The van der Waals surface area contributed by atoms with Crippen molar-refractivity contribution in [3.63, 3.8) is 0 Å². The maximum absolute atomic E-state index is 12.0. The number of hydrogen-bond donors (Lipinski definition) is 1. The van der Waals surface area contributed by atoms with E-state index in [4.69, 9.17) is 4.74 Å². The van der Waals surface area contributed by atoms with Crippen molar-refractivity contribution in [3.8, 4) is 10.6 Å². The first-order valence-corrected chi connectivity index (χ1v) is 8.10. The molecule has 21 heavy (non-hydrogen) atoms. The number of ether oxygens (including phenoxy) is 1.